The molecule has 0 fully saturated rings. The van der Waals surface area contributed by atoms with Crippen LogP contribution in [0.15, 0.2) is 91.0 Å². The SMILES string of the molecule is Cc1ccccc1Cc1ccccc1NC(=O)Cc1cccc2ccccc12. The fourth-order valence-electron chi connectivity index (χ4n) is 3.62. The highest BCUT2D eigenvalue weighted by Gasteiger charge is 2.10. The van der Waals surface area contributed by atoms with Gasteiger partial charge >= 0.3 is 0 Å². The maximum Gasteiger partial charge on any atom is 0.228 e. The topological polar surface area (TPSA) is 29.1 Å². The first-order valence-electron chi connectivity index (χ1n) is 9.59. The molecular weight excluding hydrogens is 342 g/mol. The van der Waals surface area contributed by atoms with E-state index >= 15 is 0 Å². The Balaban J connectivity index is 1.54. The van der Waals surface area contributed by atoms with Gasteiger partial charge in [0.15, 0.2) is 0 Å². The molecule has 0 aromatic heterocycles. The van der Waals surface area contributed by atoms with Crippen molar-refractivity contribution in [2.75, 3.05) is 5.32 Å². The first kappa shape index (κ1) is 18.0. The van der Waals surface area contributed by atoms with Crippen molar-refractivity contribution in [1.29, 1.82) is 0 Å². The highest BCUT2D eigenvalue weighted by Crippen LogP contribution is 2.23. The third kappa shape index (κ3) is 3.96. The first-order valence-corrected chi connectivity index (χ1v) is 9.59. The van der Waals surface area contributed by atoms with E-state index < -0.39 is 0 Å². The predicted molar refractivity (Wildman–Crippen MR) is 117 cm³/mol. The van der Waals surface area contributed by atoms with Crippen molar-refractivity contribution in [3.63, 3.8) is 0 Å². The van der Waals surface area contributed by atoms with Gasteiger partial charge in [-0.15, -0.1) is 0 Å². The van der Waals surface area contributed by atoms with Gasteiger partial charge in [-0.25, -0.2) is 0 Å². The Morgan fingerprint density at radius 2 is 1.36 bits per heavy atom. The van der Waals surface area contributed by atoms with Crippen LogP contribution in [0.1, 0.15) is 22.3 Å². The van der Waals surface area contributed by atoms with E-state index in [4.69, 9.17) is 0 Å². The highest BCUT2D eigenvalue weighted by atomic mass is 16.1. The number of hydrogen-bond acceptors (Lipinski definition) is 1. The summed E-state index contributed by atoms with van der Waals surface area (Å²) in [5, 5.41) is 5.42. The summed E-state index contributed by atoms with van der Waals surface area (Å²) in [5.74, 6) is 0.00795. The number of carbonyl (C=O) groups is 1. The molecule has 0 heterocycles. The molecule has 0 atom stereocenters. The Morgan fingerprint density at radius 1 is 0.714 bits per heavy atom. The molecule has 28 heavy (non-hydrogen) atoms. The second-order valence-corrected chi connectivity index (χ2v) is 7.12. The number of nitrogens with one attached hydrogen (secondary N) is 1. The number of hydrogen-bond donors (Lipinski definition) is 1. The summed E-state index contributed by atoms with van der Waals surface area (Å²) in [4.78, 5) is 12.8. The van der Waals surface area contributed by atoms with Crippen molar-refractivity contribution < 1.29 is 4.79 Å². The smallest absolute Gasteiger partial charge is 0.228 e. The monoisotopic (exact) mass is 365 g/mol. The molecule has 0 saturated carbocycles. The lowest BCUT2D eigenvalue weighted by atomic mass is 9.99. The Hall–Kier alpha value is -3.39. The van der Waals surface area contributed by atoms with Crippen LogP contribution >= 0.6 is 0 Å². The summed E-state index contributed by atoms with van der Waals surface area (Å²) < 4.78 is 0. The minimum Gasteiger partial charge on any atom is -0.326 e. The van der Waals surface area contributed by atoms with E-state index in [1.54, 1.807) is 0 Å². The third-order valence-corrected chi connectivity index (χ3v) is 5.16. The Bertz CT molecular complexity index is 1120. The average Bonchev–Trinajstić information content (AvgIpc) is 2.71. The van der Waals surface area contributed by atoms with Gasteiger partial charge in [0.2, 0.25) is 5.91 Å². The zero-order valence-electron chi connectivity index (χ0n) is 16.0. The number of benzene rings is 4. The lowest BCUT2D eigenvalue weighted by molar-refractivity contribution is -0.115. The van der Waals surface area contributed by atoms with Crippen LogP contribution in [0, 0.1) is 6.92 Å². The summed E-state index contributed by atoms with van der Waals surface area (Å²) in [7, 11) is 0. The fourth-order valence-corrected chi connectivity index (χ4v) is 3.62. The summed E-state index contributed by atoms with van der Waals surface area (Å²) >= 11 is 0. The molecule has 4 rings (SSSR count). The maximum atomic E-state index is 12.8. The van der Waals surface area contributed by atoms with E-state index in [-0.39, 0.29) is 5.91 Å². The van der Waals surface area contributed by atoms with Crippen molar-refractivity contribution in [3.8, 4) is 0 Å². The molecule has 1 amide bonds. The van der Waals surface area contributed by atoms with Gasteiger partial charge in [-0.3, -0.25) is 4.79 Å². The average molecular weight is 365 g/mol. The molecule has 0 spiro atoms. The lowest BCUT2D eigenvalue weighted by Gasteiger charge is -2.13. The predicted octanol–water partition coefficient (Wildman–Crippen LogP) is 5.92. The molecule has 0 aliphatic carbocycles. The molecule has 0 radical (unpaired) electrons. The van der Waals surface area contributed by atoms with Gasteiger partial charge in [0.25, 0.3) is 0 Å². The minimum atomic E-state index is 0.00795. The molecule has 1 N–H and O–H groups in total. The van der Waals surface area contributed by atoms with Crippen molar-refractivity contribution in [2.24, 2.45) is 0 Å². The van der Waals surface area contributed by atoms with Gasteiger partial charge in [0.05, 0.1) is 6.42 Å². The molecule has 0 unspecified atom stereocenters. The van der Waals surface area contributed by atoms with Crippen molar-refractivity contribution in [1.82, 2.24) is 0 Å². The highest BCUT2D eigenvalue weighted by molar-refractivity contribution is 5.96. The summed E-state index contributed by atoms with van der Waals surface area (Å²) in [6.45, 7) is 2.12. The minimum absolute atomic E-state index is 0.00795. The number of amides is 1. The molecule has 0 aliphatic rings. The Kier molecular flexibility index (Phi) is 5.20. The van der Waals surface area contributed by atoms with E-state index in [1.165, 1.54) is 11.1 Å². The van der Waals surface area contributed by atoms with Gasteiger partial charge in [0.1, 0.15) is 0 Å². The molecule has 4 aromatic rings. The Labute approximate surface area is 165 Å². The van der Waals surface area contributed by atoms with Gasteiger partial charge in [-0.05, 0) is 52.4 Å². The van der Waals surface area contributed by atoms with Crippen LogP contribution in [0.2, 0.25) is 0 Å². The summed E-state index contributed by atoms with van der Waals surface area (Å²) in [6, 6.07) is 30.7. The normalized spacial score (nSPS) is 10.8. The fraction of sp³-hybridized carbons (Fsp3) is 0.115. The van der Waals surface area contributed by atoms with Crippen molar-refractivity contribution in [2.45, 2.75) is 19.8 Å². The van der Waals surface area contributed by atoms with Gasteiger partial charge < -0.3 is 5.32 Å². The van der Waals surface area contributed by atoms with Crippen LogP contribution in [0.4, 0.5) is 5.69 Å². The number of fused-ring (bicyclic) bond motifs is 1. The van der Waals surface area contributed by atoms with E-state index in [0.717, 1.165) is 34.0 Å². The van der Waals surface area contributed by atoms with Crippen LogP contribution < -0.4 is 5.32 Å². The number of carbonyl (C=O) groups excluding carboxylic acids is 1. The molecule has 4 aromatic carbocycles. The molecule has 0 bridgehead atoms. The number of rotatable bonds is 5. The number of para-hydroxylation sites is 1. The van der Waals surface area contributed by atoms with Gasteiger partial charge in [0, 0.05) is 5.69 Å². The number of aryl methyl sites for hydroxylation is 1. The zero-order chi connectivity index (χ0) is 19.3. The van der Waals surface area contributed by atoms with Crippen LogP contribution in [0.5, 0.6) is 0 Å². The van der Waals surface area contributed by atoms with Crippen molar-refractivity contribution in [3.05, 3.63) is 113 Å². The van der Waals surface area contributed by atoms with Crippen LogP contribution in [-0.4, -0.2) is 5.91 Å². The molecule has 0 saturated heterocycles. The zero-order valence-corrected chi connectivity index (χ0v) is 16.0. The maximum absolute atomic E-state index is 12.8. The van der Waals surface area contributed by atoms with Crippen LogP contribution in [-0.2, 0) is 17.6 Å². The Morgan fingerprint density at radius 3 is 2.21 bits per heavy atom. The van der Waals surface area contributed by atoms with E-state index in [2.05, 4.69) is 60.8 Å². The largest absolute Gasteiger partial charge is 0.326 e. The molecule has 0 aliphatic heterocycles. The summed E-state index contributed by atoms with van der Waals surface area (Å²) in [5.41, 5.74) is 5.60. The second kappa shape index (κ2) is 8.10. The first-order chi connectivity index (χ1) is 13.7. The standard InChI is InChI=1S/C26H23NO/c1-19-9-2-3-11-21(19)17-23-12-5-7-16-25(23)27-26(28)18-22-14-8-13-20-10-4-6-15-24(20)22/h2-16H,17-18H2,1H3,(H,27,28). The van der Waals surface area contributed by atoms with Gasteiger partial charge in [-0.1, -0.05) is 84.9 Å². The molecule has 2 nitrogen and oxygen atoms in total. The number of anilines is 1. The molecular formula is C26H23NO. The van der Waals surface area contributed by atoms with E-state index in [9.17, 15) is 4.79 Å². The lowest BCUT2D eigenvalue weighted by Crippen LogP contribution is -2.16. The quantitative estimate of drug-likeness (QED) is 0.467. The summed E-state index contributed by atoms with van der Waals surface area (Å²) in [6.07, 6.45) is 1.16. The van der Waals surface area contributed by atoms with E-state index in [0.29, 0.717) is 6.42 Å². The third-order valence-electron chi connectivity index (χ3n) is 5.16. The van der Waals surface area contributed by atoms with Crippen LogP contribution in [0.3, 0.4) is 0 Å². The van der Waals surface area contributed by atoms with Crippen LogP contribution in [0.25, 0.3) is 10.8 Å². The molecule has 138 valence electrons. The van der Waals surface area contributed by atoms with Crippen molar-refractivity contribution >= 4 is 22.4 Å². The van der Waals surface area contributed by atoms with Gasteiger partial charge in [-0.2, -0.15) is 0 Å². The molecule has 2 heteroatoms. The second-order valence-electron chi connectivity index (χ2n) is 7.12. The van der Waals surface area contributed by atoms with E-state index in [1.807, 2.05) is 42.5 Å².